The molecular formula is C8H18N2O3. The van der Waals surface area contributed by atoms with Crippen LogP contribution >= 0.6 is 0 Å². The normalized spacial score (nSPS) is 15.3. The lowest BCUT2D eigenvalue weighted by Crippen LogP contribution is -2.42. The maximum absolute atomic E-state index is 10.4. The van der Waals surface area contributed by atoms with E-state index in [1.807, 2.05) is 13.8 Å². The Morgan fingerprint density at radius 1 is 1.69 bits per heavy atom. The quantitative estimate of drug-likeness (QED) is 0.473. The van der Waals surface area contributed by atoms with Crippen LogP contribution < -0.4 is 11.1 Å². The third-order valence-corrected chi connectivity index (χ3v) is 1.56. The molecule has 2 unspecified atom stereocenters. The van der Waals surface area contributed by atoms with Crippen molar-refractivity contribution in [1.82, 2.24) is 5.32 Å². The van der Waals surface area contributed by atoms with Crippen LogP contribution in [0.25, 0.3) is 0 Å². The summed E-state index contributed by atoms with van der Waals surface area (Å²) < 4.78 is 5.13. The van der Waals surface area contributed by atoms with Crippen LogP contribution in [0, 0.1) is 0 Å². The number of primary amides is 1. The molecule has 0 aliphatic heterocycles. The molecule has 0 aliphatic carbocycles. The van der Waals surface area contributed by atoms with Gasteiger partial charge in [-0.05, 0) is 13.8 Å². The predicted octanol–water partition coefficient (Wildman–Crippen LogP) is -1.15. The first kappa shape index (κ1) is 12.3. The van der Waals surface area contributed by atoms with E-state index in [0.29, 0.717) is 13.2 Å². The maximum Gasteiger partial charge on any atom is 0.247 e. The summed E-state index contributed by atoms with van der Waals surface area (Å²) >= 11 is 0. The Hall–Kier alpha value is -0.650. The Labute approximate surface area is 78.3 Å². The van der Waals surface area contributed by atoms with E-state index in [1.54, 1.807) is 0 Å². The summed E-state index contributed by atoms with van der Waals surface area (Å²) in [6, 6.07) is 0.106. The first-order valence-corrected chi connectivity index (χ1v) is 4.36. The van der Waals surface area contributed by atoms with Gasteiger partial charge in [0.05, 0.1) is 6.61 Å². The lowest BCUT2D eigenvalue weighted by Gasteiger charge is -2.14. The number of rotatable bonds is 7. The molecule has 0 radical (unpaired) electrons. The fourth-order valence-electron chi connectivity index (χ4n) is 0.767. The topological polar surface area (TPSA) is 84.6 Å². The molecule has 0 bridgehead atoms. The van der Waals surface area contributed by atoms with E-state index >= 15 is 0 Å². The van der Waals surface area contributed by atoms with E-state index < -0.39 is 12.0 Å². The van der Waals surface area contributed by atoms with Gasteiger partial charge in [0.2, 0.25) is 5.91 Å². The summed E-state index contributed by atoms with van der Waals surface area (Å²) in [6.45, 7) is 5.20. The van der Waals surface area contributed by atoms with Gasteiger partial charge in [0.1, 0.15) is 6.10 Å². The second-order valence-corrected chi connectivity index (χ2v) is 2.89. The molecule has 0 aromatic rings. The first-order chi connectivity index (χ1) is 6.07. The second kappa shape index (κ2) is 6.82. The SMILES string of the molecule is CCOCC(C)NCC(O)C(N)=O. The van der Waals surface area contributed by atoms with Gasteiger partial charge in [0.15, 0.2) is 0 Å². The number of aliphatic hydroxyl groups is 1. The number of aliphatic hydroxyl groups excluding tert-OH is 1. The monoisotopic (exact) mass is 190 g/mol. The Morgan fingerprint density at radius 2 is 2.31 bits per heavy atom. The molecule has 1 amide bonds. The molecule has 78 valence electrons. The van der Waals surface area contributed by atoms with Gasteiger partial charge in [0.25, 0.3) is 0 Å². The van der Waals surface area contributed by atoms with Crippen molar-refractivity contribution >= 4 is 5.91 Å². The van der Waals surface area contributed by atoms with Crippen molar-refractivity contribution in [3.63, 3.8) is 0 Å². The predicted molar refractivity (Wildman–Crippen MR) is 49.2 cm³/mol. The molecule has 0 aromatic heterocycles. The van der Waals surface area contributed by atoms with Crippen LogP contribution in [0.15, 0.2) is 0 Å². The molecule has 0 saturated heterocycles. The Balaban J connectivity index is 3.45. The van der Waals surface area contributed by atoms with E-state index in [1.165, 1.54) is 0 Å². The Bertz CT molecular complexity index is 152. The lowest BCUT2D eigenvalue weighted by atomic mass is 10.3. The average Bonchev–Trinajstić information content (AvgIpc) is 2.10. The summed E-state index contributed by atoms with van der Waals surface area (Å²) in [5, 5.41) is 11.9. The molecule has 2 atom stereocenters. The molecule has 0 spiro atoms. The number of amides is 1. The van der Waals surface area contributed by atoms with Gasteiger partial charge in [-0.2, -0.15) is 0 Å². The smallest absolute Gasteiger partial charge is 0.247 e. The number of nitrogens with two attached hydrogens (primary N) is 1. The molecule has 0 fully saturated rings. The summed E-state index contributed by atoms with van der Waals surface area (Å²) in [4.78, 5) is 10.4. The van der Waals surface area contributed by atoms with Crippen LogP contribution in [0.4, 0.5) is 0 Å². The minimum atomic E-state index is -1.12. The Morgan fingerprint density at radius 3 is 2.77 bits per heavy atom. The van der Waals surface area contributed by atoms with Crippen LogP contribution in [-0.2, 0) is 9.53 Å². The van der Waals surface area contributed by atoms with Gasteiger partial charge < -0.3 is 20.9 Å². The highest BCUT2D eigenvalue weighted by Gasteiger charge is 2.11. The summed E-state index contributed by atoms with van der Waals surface area (Å²) in [7, 11) is 0. The third kappa shape index (κ3) is 6.51. The second-order valence-electron chi connectivity index (χ2n) is 2.89. The summed E-state index contributed by atoms with van der Waals surface area (Å²) in [5.74, 6) is -0.712. The van der Waals surface area contributed by atoms with Gasteiger partial charge in [-0.15, -0.1) is 0 Å². The largest absolute Gasteiger partial charge is 0.382 e. The Kier molecular flexibility index (Phi) is 6.48. The molecule has 0 saturated carbocycles. The van der Waals surface area contributed by atoms with Crippen LogP contribution in [0.3, 0.4) is 0 Å². The zero-order chi connectivity index (χ0) is 10.3. The summed E-state index contributed by atoms with van der Waals surface area (Å²) in [6.07, 6.45) is -1.12. The van der Waals surface area contributed by atoms with E-state index in [4.69, 9.17) is 15.6 Å². The van der Waals surface area contributed by atoms with E-state index in [9.17, 15) is 4.79 Å². The molecule has 0 heterocycles. The number of hydrogen-bond donors (Lipinski definition) is 3. The molecule has 4 N–H and O–H groups in total. The highest BCUT2D eigenvalue weighted by molar-refractivity contribution is 5.78. The van der Waals surface area contributed by atoms with Crippen LogP contribution in [0.1, 0.15) is 13.8 Å². The molecule has 5 nitrogen and oxygen atoms in total. The van der Waals surface area contributed by atoms with Crippen molar-refractivity contribution in [1.29, 1.82) is 0 Å². The van der Waals surface area contributed by atoms with Gasteiger partial charge in [0, 0.05) is 19.2 Å². The standard InChI is InChI=1S/C8H18N2O3/c1-3-13-5-6(2)10-4-7(11)8(9)12/h6-7,10-11H,3-5H2,1-2H3,(H2,9,12). The number of carbonyl (C=O) groups excluding carboxylic acids is 1. The first-order valence-electron chi connectivity index (χ1n) is 4.36. The average molecular weight is 190 g/mol. The van der Waals surface area contributed by atoms with Crippen molar-refractivity contribution in [2.75, 3.05) is 19.8 Å². The van der Waals surface area contributed by atoms with E-state index in [-0.39, 0.29) is 12.6 Å². The summed E-state index contributed by atoms with van der Waals surface area (Å²) in [5.41, 5.74) is 4.86. The number of nitrogens with one attached hydrogen (secondary N) is 1. The van der Waals surface area contributed by atoms with Crippen molar-refractivity contribution < 1.29 is 14.6 Å². The zero-order valence-corrected chi connectivity index (χ0v) is 8.12. The minimum absolute atomic E-state index is 0.106. The van der Waals surface area contributed by atoms with Crippen molar-refractivity contribution in [2.45, 2.75) is 26.0 Å². The van der Waals surface area contributed by atoms with Gasteiger partial charge in [-0.3, -0.25) is 4.79 Å². The van der Waals surface area contributed by atoms with E-state index in [0.717, 1.165) is 0 Å². The van der Waals surface area contributed by atoms with Crippen molar-refractivity contribution in [3.8, 4) is 0 Å². The van der Waals surface area contributed by atoms with Crippen molar-refractivity contribution in [2.24, 2.45) is 5.73 Å². The highest BCUT2D eigenvalue weighted by Crippen LogP contribution is 1.85. The highest BCUT2D eigenvalue weighted by atomic mass is 16.5. The molecule has 13 heavy (non-hydrogen) atoms. The van der Waals surface area contributed by atoms with Crippen LogP contribution in [-0.4, -0.2) is 42.9 Å². The fourth-order valence-corrected chi connectivity index (χ4v) is 0.767. The maximum atomic E-state index is 10.4. The zero-order valence-electron chi connectivity index (χ0n) is 8.12. The third-order valence-electron chi connectivity index (χ3n) is 1.56. The van der Waals surface area contributed by atoms with Crippen LogP contribution in [0.5, 0.6) is 0 Å². The van der Waals surface area contributed by atoms with Gasteiger partial charge in [-0.1, -0.05) is 0 Å². The number of carbonyl (C=O) groups is 1. The fraction of sp³-hybridized carbons (Fsp3) is 0.875. The number of hydrogen-bond acceptors (Lipinski definition) is 4. The number of ether oxygens (including phenoxy) is 1. The molecule has 5 heteroatoms. The van der Waals surface area contributed by atoms with Crippen LogP contribution in [0.2, 0.25) is 0 Å². The van der Waals surface area contributed by atoms with Crippen molar-refractivity contribution in [3.05, 3.63) is 0 Å². The molecular weight excluding hydrogens is 172 g/mol. The molecule has 0 rings (SSSR count). The molecule has 0 aromatic carbocycles. The van der Waals surface area contributed by atoms with Gasteiger partial charge >= 0.3 is 0 Å². The van der Waals surface area contributed by atoms with Gasteiger partial charge in [-0.25, -0.2) is 0 Å². The van der Waals surface area contributed by atoms with E-state index in [2.05, 4.69) is 5.32 Å². The lowest BCUT2D eigenvalue weighted by molar-refractivity contribution is -0.125. The molecule has 0 aliphatic rings. The minimum Gasteiger partial charge on any atom is -0.382 e.